The van der Waals surface area contributed by atoms with E-state index in [2.05, 4.69) is 10.3 Å². The van der Waals surface area contributed by atoms with Gasteiger partial charge in [-0.15, -0.1) is 0 Å². The van der Waals surface area contributed by atoms with Gasteiger partial charge in [0.25, 0.3) is 5.91 Å². The van der Waals surface area contributed by atoms with Crippen molar-refractivity contribution in [3.8, 4) is 11.5 Å². The van der Waals surface area contributed by atoms with Crippen molar-refractivity contribution >= 4 is 22.7 Å². The molecule has 0 saturated carbocycles. The lowest BCUT2D eigenvalue weighted by molar-refractivity contribution is -0.126. The van der Waals surface area contributed by atoms with E-state index < -0.39 is 0 Å². The number of amides is 2. The number of nitrogens with one attached hydrogen (secondary N) is 2. The van der Waals surface area contributed by atoms with E-state index in [1.807, 2.05) is 67.3 Å². The molecule has 34 heavy (non-hydrogen) atoms. The average Bonchev–Trinajstić information content (AvgIpc) is 3.30. The predicted molar refractivity (Wildman–Crippen MR) is 132 cm³/mol. The van der Waals surface area contributed by atoms with Gasteiger partial charge in [-0.3, -0.25) is 9.59 Å². The van der Waals surface area contributed by atoms with Crippen molar-refractivity contribution in [2.75, 3.05) is 26.8 Å². The van der Waals surface area contributed by atoms with Crippen LogP contribution in [0.2, 0.25) is 0 Å². The van der Waals surface area contributed by atoms with Crippen LogP contribution >= 0.6 is 0 Å². The van der Waals surface area contributed by atoms with Crippen LogP contribution in [-0.2, 0) is 11.3 Å². The molecule has 4 rings (SSSR count). The predicted octanol–water partition coefficient (Wildman–Crippen LogP) is 4.38. The molecule has 0 aliphatic carbocycles. The summed E-state index contributed by atoms with van der Waals surface area (Å²) >= 11 is 0. The van der Waals surface area contributed by atoms with Gasteiger partial charge < -0.3 is 24.7 Å². The van der Waals surface area contributed by atoms with Gasteiger partial charge in [0.05, 0.1) is 13.7 Å². The minimum Gasteiger partial charge on any atom is -0.497 e. The highest BCUT2D eigenvalue weighted by atomic mass is 16.5. The van der Waals surface area contributed by atoms with E-state index in [-0.39, 0.29) is 23.7 Å². The Kier molecular flexibility index (Phi) is 7.40. The van der Waals surface area contributed by atoms with E-state index >= 15 is 0 Å². The van der Waals surface area contributed by atoms with Crippen molar-refractivity contribution in [2.24, 2.45) is 11.8 Å². The van der Waals surface area contributed by atoms with Crippen molar-refractivity contribution in [1.29, 1.82) is 0 Å². The van der Waals surface area contributed by atoms with Crippen molar-refractivity contribution in [3.63, 3.8) is 0 Å². The van der Waals surface area contributed by atoms with Gasteiger partial charge in [0, 0.05) is 48.1 Å². The van der Waals surface area contributed by atoms with Gasteiger partial charge >= 0.3 is 0 Å². The molecule has 7 nitrogen and oxygen atoms in total. The van der Waals surface area contributed by atoms with E-state index in [4.69, 9.17) is 9.47 Å². The number of nitrogens with zero attached hydrogens (tertiary/aromatic N) is 1. The number of hydrogen-bond donors (Lipinski definition) is 2. The van der Waals surface area contributed by atoms with Gasteiger partial charge in [0.15, 0.2) is 0 Å². The second-order valence-corrected chi connectivity index (χ2v) is 8.81. The van der Waals surface area contributed by atoms with Crippen LogP contribution in [0.5, 0.6) is 11.5 Å². The topological polar surface area (TPSA) is 83.7 Å². The van der Waals surface area contributed by atoms with Gasteiger partial charge in [-0.1, -0.05) is 25.1 Å². The number of methoxy groups -OCH3 is 1. The maximum Gasteiger partial charge on any atom is 0.270 e. The molecule has 1 fully saturated rings. The summed E-state index contributed by atoms with van der Waals surface area (Å²) in [5.41, 5.74) is 2.44. The van der Waals surface area contributed by atoms with Gasteiger partial charge in [-0.25, -0.2) is 0 Å². The molecular formula is C27H33N3O4. The van der Waals surface area contributed by atoms with Crippen LogP contribution in [0, 0.1) is 11.8 Å². The second-order valence-electron chi connectivity index (χ2n) is 8.81. The first kappa shape index (κ1) is 23.7. The summed E-state index contributed by atoms with van der Waals surface area (Å²) in [6.07, 6.45) is 1.62. The summed E-state index contributed by atoms with van der Waals surface area (Å²) in [6.45, 7) is 6.26. The van der Waals surface area contributed by atoms with Crippen LogP contribution in [0.25, 0.3) is 10.9 Å². The highest BCUT2D eigenvalue weighted by molar-refractivity contribution is 5.98. The Morgan fingerprint density at radius 3 is 2.65 bits per heavy atom. The minimum absolute atomic E-state index is 0.00162. The molecule has 1 aromatic heterocycles. The number of H-pyrrole nitrogens is 1. The third-order valence-electron chi connectivity index (χ3n) is 6.73. The first-order chi connectivity index (χ1) is 16.5. The second kappa shape index (κ2) is 10.6. The maximum atomic E-state index is 13.1. The minimum atomic E-state index is -0.114. The number of carbonyl (C=O) groups is 2. The number of aromatic amines is 1. The zero-order valence-electron chi connectivity index (χ0n) is 20.1. The normalized spacial score (nSPS) is 15.2. The zero-order valence-corrected chi connectivity index (χ0v) is 20.1. The molecule has 7 heteroatoms. The number of fused-ring (bicyclic) bond motifs is 1. The van der Waals surface area contributed by atoms with E-state index in [1.165, 1.54) is 0 Å². The standard InChI is InChI=1S/C27H33N3O4/c1-4-34-25-8-6-5-7-21(25)17-28-26(31)18(2)19-11-13-30(14-12-19)27(32)24-15-20-9-10-22(33-3)16-23(20)29-24/h5-10,15-16,18-19,29H,4,11-14,17H2,1-3H3,(H,28,31)/t18-/m0/s1. The first-order valence-corrected chi connectivity index (χ1v) is 11.9. The molecule has 0 unspecified atom stereocenters. The van der Waals surface area contributed by atoms with E-state index in [0.29, 0.717) is 31.9 Å². The number of hydrogen-bond acceptors (Lipinski definition) is 4. The number of benzene rings is 2. The van der Waals surface area contributed by atoms with E-state index in [0.717, 1.165) is 40.8 Å². The molecule has 180 valence electrons. The van der Waals surface area contributed by atoms with E-state index in [1.54, 1.807) is 7.11 Å². The van der Waals surface area contributed by atoms with Gasteiger partial charge in [0.1, 0.15) is 17.2 Å². The lowest BCUT2D eigenvalue weighted by Gasteiger charge is -2.34. The van der Waals surface area contributed by atoms with Crippen molar-refractivity contribution < 1.29 is 19.1 Å². The third kappa shape index (κ3) is 5.19. The summed E-state index contributed by atoms with van der Waals surface area (Å²) < 4.78 is 10.9. The van der Waals surface area contributed by atoms with Crippen LogP contribution in [0.15, 0.2) is 48.5 Å². The highest BCUT2D eigenvalue weighted by Crippen LogP contribution is 2.28. The number of piperidine rings is 1. The van der Waals surface area contributed by atoms with Crippen LogP contribution in [0.1, 0.15) is 42.7 Å². The third-order valence-corrected chi connectivity index (χ3v) is 6.73. The quantitative estimate of drug-likeness (QED) is 0.519. The fourth-order valence-electron chi connectivity index (χ4n) is 4.62. The summed E-state index contributed by atoms with van der Waals surface area (Å²) in [5, 5.41) is 4.05. The number of para-hydroxylation sites is 1. The number of rotatable bonds is 8. The average molecular weight is 464 g/mol. The fourth-order valence-corrected chi connectivity index (χ4v) is 4.62. The SMILES string of the molecule is CCOc1ccccc1CNC(=O)[C@@H](C)C1CCN(C(=O)c2cc3ccc(OC)cc3[nH]2)CC1. The molecule has 0 radical (unpaired) electrons. The maximum absolute atomic E-state index is 13.1. The zero-order chi connectivity index (χ0) is 24.1. The summed E-state index contributed by atoms with van der Waals surface area (Å²) in [7, 11) is 1.63. The molecule has 1 aliphatic heterocycles. The summed E-state index contributed by atoms with van der Waals surface area (Å²) in [4.78, 5) is 31.0. The molecule has 1 atom stereocenters. The van der Waals surface area contributed by atoms with Gasteiger partial charge in [-0.05, 0) is 49.9 Å². The monoisotopic (exact) mass is 463 g/mol. The van der Waals surface area contributed by atoms with E-state index in [9.17, 15) is 9.59 Å². The molecular weight excluding hydrogens is 430 g/mol. The van der Waals surface area contributed by atoms with Crippen LogP contribution in [0.3, 0.4) is 0 Å². The molecule has 2 amide bonds. The van der Waals surface area contributed by atoms with Crippen LogP contribution in [-0.4, -0.2) is 48.5 Å². The Labute approximate surface area is 200 Å². The molecule has 0 spiro atoms. The number of ether oxygens (including phenoxy) is 2. The molecule has 2 heterocycles. The Bertz CT molecular complexity index is 1150. The van der Waals surface area contributed by atoms with Crippen molar-refractivity contribution in [3.05, 3.63) is 59.8 Å². The fraction of sp³-hybridized carbons (Fsp3) is 0.407. The van der Waals surface area contributed by atoms with Crippen LogP contribution < -0.4 is 14.8 Å². The first-order valence-electron chi connectivity index (χ1n) is 11.9. The largest absolute Gasteiger partial charge is 0.497 e. The Morgan fingerprint density at radius 2 is 1.91 bits per heavy atom. The van der Waals surface area contributed by atoms with Crippen molar-refractivity contribution in [2.45, 2.75) is 33.2 Å². The molecule has 0 bridgehead atoms. The lowest BCUT2D eigenvalue weighted by atomic mass is 9.84. The van der Waals surface area contributed by atoms with Crippen molar-refractivity contribution in [1.82, 2.24) is 15.2 Å². The Hall–Kier alpha value is -3.48. The van der Waals surface area contributed by atoms with Crippen LogP contribution in [0.4, 0.5) is 0 Å². The summed E-state index contributed by atoms with van der Waals surface area (Å²) in [6, 6.07) is 15.4. The van der Waals surface area contributed by atoms with Gasteiger partial charge in [-0.2, -0.15) is 0 Å². The van der Waals surface area contributed by atoms with Gasteiger partial charge in [0.2, 0.25) is 5.91 Å². The molecule has 1 aliphatic rings. The molecule has 2 aromatic carbocycles. The number of aromatic nitrogens is 1. The molecule has 2 N–H and O–H groups in total. The summed E-state index contributed by atoms with van der Waals surface area (Å²) in [5.74, 6) is 1.73. The Balaban J connectivity index is 1.30. The molecule has 1 saturated heterocycles. The Morgan fingerprint density at radius 1 is 1.15 bits per heavy atom. The lowest BCUT2D eigenvalue weighted by Crippen LogP contribution is -2.42. The smallest absolute Gasteiger partial charge is 0.270 e. The molecule has 3 aromatic rings. The number of likely N-dealkylation sites (tertiary alicyclic amines) is 1. The number of carbonyl (C=O) groups excluding carboxylic acids is 2. The highest BCUT2D eigenvalue weighted by Gasteiger charge is 2.30.